The Hall–Kier alpha value is 3.06. The van der Waals surface area contributed by atoms with Gasteiger partial charge in [0.2, 0.25) is 0 Å². The van der Waals surface area contributed by atoms with E-state index in [0.717, 1.165) is 13.1 Å². The van der Waals surface area contributed by atoms with E-state index in [1.54, 1.807) is 0 Å². The number of likely N-dealkylation sites (N-methyl/N-ethyl adjacent to an activating group) is 2. The van der Waals surface area contributed by atoms with Gasteiger partial charge in [-0.15, -0.1) is 0 Å². The molecule has 0 heterocycles. The molecule has 0 aliphatic heterocycles. The van der Waals surface area contributed by atoms with Gasteiger partial charge >= 0.3 is 103 Å². The fraction of sp³-hybridized carbons (Fsp3) is 1.00. The van der Waals surface area contributed by atoms with Crippen molar-refractivity contribution in [3.63, 3.8) is 0 Å². The minimum atomic E-state index is -5.17. The Morgan fingerprint density at radius 1 is 0.867 bits per heavy atom. The van der Waals surface area contributed by atoms with E-state index in [0.29, 0.717) is 0 Å². The van der Waals surface area contributed by atoms with Crippen molar-refractivity contribution < 1.29 is 120 Å². The van der Waals surface area contributed by atoms with E-state index in [1.165, 1.54) is 0 Å². The minimum Gasteiger partial charge on any atom is -0.759 e. The van der Waals surface area contributed by atoms with Crippen LogP contribution in [0, 0.1) is 0 Å². The number of rotatable bonds is 3. The van der Waals surface area contributed by atoms with Crippen LogP contribution in [0.25, 0.3) is 0 Å². The van der Waals surface area contributed by atoms with Gasteiger partial charge < -0.3 is 18.9 Å². The Labute approximate surface area is 178 Å². The van der Waals surface area contributed by atoms with E-state index >= 15 is 0 Å². The second kappa shape index (κ2) is 15.1. The molecule has 0 aromatic carbocycles. The van der Waals surface area contributed by atoms with Crippen LogP contribution in [0.5, 0.6) is 0 Å². The smallest absolute Gasteiger partial charge is 0.759 e. The summed E-state index contributed by atoms with van der Waals surface area (Å²) >= 11 is 0. The Balaban J connectivity index is -0.0000000770. The topological polar surface area (TPSA) is 86.7 Å². The van der Waals surface area contributed by atoms with Gasteiger partial charge in [-0.3, -0.25) is 8.42 Å². The Morgan fingerprint density at radius 3 is 1.07 bits per heavy atom. The fourth-order valence-electron chi connectivity index (χ4n) is 0.400. The summed E-state index contributed by atoms with van der Waals surface area (Å²) in [5, 5.41) is 0. The van der Waals surface area contributed by atoms with Crippen molar-refractivity contribution >= 4 is 10.4 Å². The van der Waals surface area contributed by atoms with Crippen molar-refractivity contribution in [1.29, 1.82) is 0 Å². The Morgan fingerprint density at radius 2 is 1.00 bits per heavy atom. The van der Waals surface area contributed by atoms with Crippen LogP contribution in [0.2, 0.25) is 0 Å². The zero-order valence-corrected chi connectivity index (χ0v) is 17.4. The van der Waals surface area contributed by atoms with Crippen LogP contribution >= 0.6 is 0 Å². The molecule has 0 aliphatic carbocycles. The third-order valence-corrected chi connectivity index (χ3v) is 0.994. The maximum Gasteiger partial charge on any atom is 1.00 e. The molecular weight excluding hydrogens is 274 g/mol. The van der Waals surface area contributed by atoms with E-state index in [-0.39, 0.29) is 103 Å². The van der Waals surface area contributed by atoms with Gasteiger partial charge in [-0.2, -0.15) is 0 Å². The van der Waals surface area contributed by atoms with Gasteiger partial charge in [0.25, 0.3) is 0 Å². The normalized spacial score (nSPS) is 9.87. The summed E-state index contributed by atoms with van der Waals surface area (Å²) in [5.74, 6) is 0. The van der Waals surface area contributed by atoms with Gasteiger partial charge in [0.1, 0.15) is 0 Å². The van der Waals surface area contributed by atoms with Gasteiger partial charge in [-0.1, -0.05) is 0 Å². The molecule has 0 fully saturated rings. The molecule has 0 atom stereocenters. The molecular formula is C6H16K2N2O4S. The molecule has 15 heavy (non-hydrogen) atoms. The zero-order chi connectivity index (χ0) is 11.1. The first-order valence-corrected chi connectivity index (χ1v) is 4.92. The first-order chi connectivity index (χ1) is 5.63. The van der Waals surface area contributed by atoms with E-state index < -0.39 is 10.4 Å². The predicted molar refractivity (Wildman–Crippen MR) is 47.6 cm³/mol. The average Bonchev–Trinajstić information content (AvgIpc) is 1.79. The van der Waals surface area contributed by atoms with Crippen LogP contribution in [0.15, 0.2) is 0 Å². The maximum absolute atomic E-state index is 8.52. The molecule has 0 aromatic rings. The summed E-state index contributed by atoms with van der Waals surface area (Å²) in [6.45, 7) is 2.29. The summed E-state index contributed by atoms with van der Waals surface area (Å²) < 4.78 is 34.1. The van der Waals surface area contributed by atoms with Gasteiger partial charge in [0.05, 0.1) is 0 Å². The van der Waals surface area contributed by atoms with Crippen molar-refractivity contribution in [2.24, 2.45) is 0 Å². The van der Waals surface area contributed by atoms with Crippen LogP contribution in [-0.2, 0) is 10.4 Å². The van der Waals surface area contributed by atoms with E-state index in [2.05, 4.69) is 38.0 Å². The summed E-state index contributed by atoms with van der Waals surface area (Å²) in [5.41, 5.74) is 0. The zero-order valence-electron chi connectivity index (χ0n) is 10.3. The van der Waals surface area contributed by atoms with E-state index in [9.17, 15) is 0 Å². The fourth-order valence-corrected chi connectivity index (χ4v) is 0.400. The maximum atomic E-state index is 8.52. The van der Waals surface area contributed by atoms with Gasteiger partial charge in [-0.25, -0.2) is 0 Å². The largest absolute Gasteiger partial charge is 1.00 e. The predicted octanol–water partition coefficient (Wildman–Crippen LogP) is -7.22. The van der Waals surface area contributed by atoms with Crippen molar-refractivity contribution in [1.82, 2.24) is 9.80 Å². The third-order valence-electron chi connectivity index (χ3n) is 0.994. The molecule has 0 amide bonds. The summed E-state index contributed by atoms with van der Waals surface area (Å²) in [6, 6.07) is 0. The molecule has 0 unspecified atom stereocenters. The molecule has 0 N–H and O–H groups in total. The minimum absolute atomic E-state index is 0. The quantitative estimate of drug-likeness (QED) is 0.292. The number of hydrogen-bond donors (Lipinski definition) is 0. The standard InChI is InChI=1S/C6H16N2.2K.H2O4S/c1-7(2)5-6-8(3)4;;;1-5(2,3)4/h5-6H2,1-4H3;;;(H2,1,2,3,4)/q;2*+1;/p-2. The molecule has 0 bridgehead atoms. The van der Waals surface area contributed by atoms with Crippen LogP contribution < -0.4 is 103 Å². The van der Waals surface area contributed by atoms with Crippen molar-refractivity contribution in [2.75, 3.05) is 41.3 Å². The van der Waals surface area contributed by atoms with Gasteiger partial charge in [0.15, 0.2) is 0 Å². The van der Waals surface area contributed by atoms with E-state index in [4.69, 9.17) is 17.5 Å². The molecule has 6 nitrogen and oxygen atoms in total. The number of hydrogen-bond acceptors (Lipinski definition) is 6. The molecule has 0 rings (SSSR count). The van der Waals surface area contributed by atoms with Gasteiger partial charge in [-0.05, 0) is 28.2 Å². The van der Waals surface area contributed by atoms with Crippen LogP contribution in [0.3, 0.4) is 0 Å². The molecule has 0 saturated heterocycles. The molecule has 0 aliphatic rings. The Kier molecular flexibility index (Phi) is 26.8. The van der Waals surface area contributed by atoms with Crippen molar-refractivity contribution in [3.05, 3.63) is 0 Å². The molecule has 82 valence electrons. The Bertz CT molecular complexity index is 193. The second-order valence-corrected chi connectivity index (χ2v) is 3.83. The molecule has 0 aromatic heterocycles. The second-order valence-electron chi connectivity index (χ2n) is 3.01. The van der Waals surface area contributed by atoms with Gasteiger partial charge in [0, 0.05) is 23.5 Å². The average molecular weight is 290 g/mol. The summed E-state index contributed by atoms with van der Waals surface area (Å²) in [6.07, 6.45) is 0. The van der Waals surface area contributed by atoms with Crippen LogP contribution in [-0.4, -0.2) is 68.6 Å². The summed E-state index contributed by atoms with van der Waals surface area (Å²) in [4.78, 5) is 4.36. The molecule has 0 spiro atoms. The monoisotopic (exact) mass is 290 g/mol. The van der Waals surface area contributed by atoms with E-state index in [1.807, 2.05) is 0 Å². The first-order valence-electron chi connectivity index (χ1n) is 3.59. The SMILES string of the molecule is CN(C)CCN(C)C.O=S(=O)([O-])[O-].[K+].[K+]. The molecule has 9 heteroatoms. The van der Waals surface area contributed by atoms with Crippen molar-refractivity contribution in [3.8, 4) is 0 Å². The third kappa shape index (κ3) is 59.6. The molecule has 0 radical (unpaired) electrons. The van der Waals surface area contributed by atoms with Crippen molar-refractivity contribution in [2.45, 2.75) is 0 Å². The first kappa shape index (κ1) is 26.6. The molecule has 0 saturated carbocycles. The van der Waals surface area contributed by atoms with Crippen LogP contribution in [0.1, 0.15) is 0 Å². The number of nitrogens with zero attached hydrogens (tertiary/aromatic N) is 2. The summed E-state index contributed by atoms with van der Waals surface area (Å²) in [7, 11) is 3.18. The van der Waals surface area contributed by atoms with Crippen LogP contribution in [0.4, 0.5) is 0 Å².